The summed E-state index contributed by atoms with van der Waals surface area (Å²) in [6.45, 7) is 1.45. The molecular weight excluding hydrogens is 430 g/mol. The van der Waals surface area contributed by atoms with Gasteiger partial charge in [-0.05, 0) is 31.0 Å². The Hall–Kier alpha value is -2.62. The van der Waals surface area contributed by atoms with E-state index in [1.54, 1.807) is 6.07 Å². The quantitative estimate of drug-likeness (QED) is 0.475. The molecule has 0 radical (unpaired) electrons. The van der Waals surface area contributed by atoms with Crippen LogP contribution in [0.25, 0.3) is 32.2 Å². The summed E-state index contributed by atoms with van der Waals surface area (Å²) in [4.78, 5) is 14.8. The molecule has 1 aliphatic heterocycles. The molecule has 154 valence electrons. The van der Waals surface area contributed by atoms with Crippen molar-refractivity contribution in [2.75, 3.05) is 23.7 Å². The molecule has 5 rings (SSSR count). The van der Waals surface area contributed by atoms with Gasteiger partial charge in [-0.1, -0.05) is 22.9 Å². The third-order valence-electron chi connectivity index (χ3n) is 5.42. The van der Waals surface area contributed by atoms with Gasteiger partial charge < -0.3 is 16.4 Å². The van der Waals surface area contributed by atoms with Gasteiger partial charge in [0.05, 0.1) is 15.2 Å². The summed E-state index contributed by atoms with van der Waals surface area (Å²) in [5.74, 6) is -0.441. The molecule has 1 aliphatic rings. The zero-order chi connectivity index (χ0) is 21.0. The number of halogens is 3. The van der Waals surface area contributed by atoms with Crippen molar-refractivity contribution in [2.24, 2.45) is 5.73 Å². The Morgan fingerprint density at radius 3 is 2.67 bits per heavy atom. The molecule has 0 saturated carbocycles. The number of nitrogen functional groups attached to an aromatic ring is 1. The predicted molar refractivity (Wildman–Crippen MR) is 117 cm³/mol. The number of fused-ring (bicyclic) bond motifs is 2. The Labute approximate surface area is 179 Å². The third kappa shape index (κ3) is 3.05. The van der Waals surface area contributed by atoms with Gasteiger partial charge in [-0.3, -0.25) is 0 Å². The lowest BCUT2D eigenvalue weighted by Gasteiger charge is -2.31. The minimum atomic E-state index is -0.602. The molecular formula is C20H17ClF2N6S. The number of anilines is 2. The normalized spacial score (nSPS) is 15.4. The number of nitrogens with zero attached hydrogens (tertiary/aromatic N) is 4. The fraction of sp³-hybridized carbons (Fsp3) is 0.250. The molecule has 3 heterocycles. The first-order valence-electron chi connectivity index (χ1n) is 9.42. The van der Waals surface area contributed by atoms with Crippen LogP contribution >= 0.6 is 22.9 Å². The van der Waals surface area contributed by atoms with Gasteiger partial charge in [0.25, 0.3) is 0 Å². The highest BCUT2D eigenvalue weighted by molar-refractivity contribution is 7.22. The summed E-state index contributed by atoms with van der Waals surface area (Å²) in [6, 6.07) is 4.54. The number of hydrogen-bond acceptors (Lipinski definition) is 7. The average Bonchev–Trinajstić information content (AvgIpc) is 3.12. The molecule has 6 nitrogen and oxygen atoms in total. The van der Waals surface area contributed by atoms with Gasteiger partial charge in [0.1, 0.15) is 23.5 Å². The Balaban J connectivity index is 1.72. The molecule has 4 N–H and O–H groups in total. The van der Waals surface area contributed by atoms with E-state index in [1.165, 1.54) is 18.5 Å². The molecule has 2 aromatic carbocycles. The van der Waals surface area contributed by atoms with Crippen LogP contribution in [0.3, 0.4) is 0 Å². The Bertz CT molecular complexity index is 1290. The van der Waals surface area contributed by atoms with Crippen LogP contribution in [0.4, 0.5) is 19.7 Å². The zero-order valence-corrected chi connectivity index (χ0v) is 17.3. The molecule has 0 atom stereocenters. The molecule has 0 unspecified atom stereocenters. The number of piperidine rings is 1. The maximum atomic E-state index is 15.7. The smallest absolute Gasteiger partial charge is 0.181 e. The number of benzene rings is 2. The summed E-state index contributed by atoms with van der Waals surface area (Å²) < 4.78 is 30.1. The van der Waals surface area contributed by atoms with Crippen LogP contribution in [0, 0.1) is 11.6 Å². The molecule has 2 aromatic heterocycles. The Kier molecular flexibility index (Phi) is 4.68. The topological polar surface area (TPSA) is 94.0 Å². The molecule has 0 spiro atoms. The van der Waals surface area contributed by atoms with Crippen LogP contribution in [-0.4, -0.2) is 34.1 Å². The SMILES string of the molecule is Nc1nc2c(-c3c(Cl)cc4c(N5CCC(N)CC5)ncnc4c3F)ccc(F)c2s1. The number of aromatic nitrogens is 3. The molecule has 10 heteroatoms. The van der Waals surface area contributed by atoms with Crippen molar-refractivity contribution in [3.8, 4) is 11.1 Å². The molecule has 4 aromatic rings. The summed E-state index contributed by atoms with van der Waals surface area (Å²) in [5, 5.41) is 0.890. The number of nitrogens with two attached hydrogens (primary N) is 2. The number of hydrogen-bond donors (Lipinski definition) is 2. The van der Waals surface area contributed by atoms with E-state index >= 15 is 4.39 Å². The largest absolute Gasteiger partial charge is 0.375 e. The number of thiazole rings is 1. The van der Waals surface area contributed by atoms with E-state index < -0.39 is 11.6 Å². The van der Waals surface area contributed by atoms with Gasteiger partial charge in [-0.2, -0.15) is 0 Å². The van der Waals surface area contributed by atoms with Crippen LogP contribution in [0.1, 0.15) is 12.8 Å². The van der Waals surface area contributed by atoms with Crippen molar-refractivity contribution in [2.45, 2.75) is 18.9 Å². The standard InChI is InChI=1S/C20H17ClF2N6S/c21-12-7-11-16(26-8-27-19(11)29-5-3-9(24)4-6-29)15(23)14(12)10-1-2-13(22)18-17(10)28-20(25)30-18/h1-2,7-9H,3-6,24H2,(H2,25,28). The third-order valence-corrected chi connectivity index (χ3v) is 6.61. The maximum absolute atomic E-state index is 15.7. The first-order chi connectivity index (χ1) is 14.4. The van der Waals surface area contributed by atoms with Gasteiger partial charge in [0.15, 0.2) is 10.9 Å². The maximum Gasteiger partial charge on any atom is 0.181 e. The monoisotopic (exact) mass is 446 g/mol. The van der Waals surface area contributed by atoms with E-state index in [2.05, 4.69) is 19.9 Å². The lowest BCUT2D eigenvalue weighted by Crippen LogP contribution is -2.40. The van der Waals surface area contributed by atoms with E-state index in [1.807, 2.05) is 0 Å². The van der Waals surface area contributed by atoms with Gasteiger partial charge in [0.2, 0.25) is 0 Å². The first kappa shape index (κ1) is 19.3. The van der Waals surface area contributed by atoms with E-state index in [4.69, 9.17) is 23.1 Å². The second-order valence-electron chi connectivity index (χ2n) is 7.29. The van der Waals surface area contributed by atoms with Gasteiger partial charge in [-0.15, -0.1) is 0 Å². The van der Waals surface area contributed by atoms with E-state index in [-0.39, 0.29) is 37.5 Å². The van der Waals surface area contributed by atoms with Crippen molar-refractivity contribution in [3.63, 3.8) is 0 Å². The molecule has 0 amide bonds. The van der Waals surface area contributed by atoms with Crippen molar-refractivity contribution >= 4 is 55.0 Å². The predicted octanol–water partition coefficient (Wildman–Crippen LogP) is 4.35. The Morgan fingerprint density at radius 2 is 1.90 bits per heavy atom. The molecule has 0 bridgehead atoms. The van der Waals surface area contributed by atoms with Crippen molar-refractivity contribution in [1.29, 1.82) is 0 Å². The highest BCUT2D eigenvalue weighted by atomic mass is 35.5. The van der Waals surface area contributed by atoms with Crippen molar-refractivity contribution in [3.05, 3.63) is 41.2 Å². The van der Waals surface area contributed by atoms with Crippen LogP contribution in [-0.2, 0) is 0 Å². The second kappa shape index (κ2) is 7.26. The summed E-state index contributed by atoms with van der Waals surface area (Å²) >= 11 is 7.55. The van der Waals surface area contributed by atoms with Crippen molar-refractivity contribution in [1.82, 2.24) is 15.0 Å². The van der Waals surface area contributed by atoms with Crippen LogP contribution in [0.2, 0.25) is 5.02 Å². The van der Waals surface area contributed by atoms with E-state index in [0.29, 0.717) is 16.8 Å². The van der Waals surface area contributed by atoms with Crippen molar-refractivity contribution < 1.29 is 8.78 Å². The highest BCUT2D eigenvalue weighted by Gasteiger charge is 2.24. The van der Waals surface area contributed by atoms with Gasteiger partial charge in [0, 0.05) is 35.6 Å². The molecule has 30 heavy (non-hydrogen) atoms. The van der Waals surface area contributed by atoms with E-state index in [9.17, 15) is 4.39 Å². The van der Waals surface area contributed by atoms with E-state index in [0.717, 1.165) is 37.3 Å². The fourth-order valence-electron chi connectivity index (χ4n) is 3.92. The van der Waals surface area contributed by atoms with Gasteiger partial charge in [-0.25, -0.2) is 23.7 Å². The fourth-order valence-corrected chi connectivity index (χ4v) is 4.98. The van der Waals surface area contributed by atoms with Crippen LogP contribution in [0.15, 0.2) is 24.5 Å². The van der Waals surface area contributed by atoms with Crippen LogP contribution in [0.5, 0.6) is 0 Å². The summed E-state index contributed by atoms with van der Waals surface area (Å²) in [7, 11) is 0. The first-order valence-corrected chi connectivity index (χ1v) is 10.6. The second-order valence-corrected chi connectivity index (χ2v) is 8.73. The minimum Gasteiger partial charge on any atom is -0.375 e. The molecule has 1 fully saturated rings. The summed E-state index contributed by atoms with van der Waals surface area (Å²) in [6.07, 6.45) is 3.01. The molecule has 0 aliphatic carbocycles. The summed E-state index contributed by atoms with van der Waals surface area (Å²) in [5.41, 5.74) is 12.7. The average molecular weight is 447 g/mol. The highest BCUT2D eigenvalue weighted by Crippen LogP contribution is 2.42. The number of rotatable bonds is 2. The zero-order valence-electron chi connectivity index (χ0n) is 15.7. The van der Waals surface area contributed by atoms with Crippen LogP contribution < -0.4 is 16.4 Å². The Morgan fingerprint density at radius 1 is 1.13 bits per heavy atom. The lowest BCUT2D eigenvalue weighted by atomic mass is 10.0. The lowest BCUT2D eigenvalue weighted by molar-refractivity contribution is 0.499. The molecule has 1 saturated heterocycles. The van der Waals surface area contributed by atoms with Gasteiger partial charge >= 0.3 is 0 Å². The minimum absolute atomic E-state index is 0.116.